The Balaban J connectivity index is 2.46. The van der Waals surface area contributed by atoms with Gasteiger partial charge in [0.25, 0.3) is 0 Å². The first kappa shape index (κ1) is 17.8. The maximum Gasteiger partial charge on any atom is 0.163 e. The van der Waals surface area contributed by atoms with Crippen LogP contribution < -0.4 is 0 Å². The highest BCUT2D eigenvalue weighted by molar-refractivity contribution is 5.31. The lowest BCUT2D eigenvalue weighted by Crippen LogP contribution is -2.21. The summed E-state index contributed by atoms with van der Waals surface area (Å²) in [6, 6.07) is 0. The standard InChI is InChI=1S/C18H26O3/c1-6-12-16-17(21-18(3,4)20-16)14-11-9-7-8-10-13-15(2)19-5/h10,13,15-17H,6,12,14H2,1-5H3. The summed E-state index contributed by atoms with van der Waals surface area (Å²) in [6.07, 6.45) is 6.64. The summed E-state index contributed by atoms with van der Waals surface area (Å²) in [4.78, 5) is 0. The molecule has 1 rings (SSSR count). The summed E-state index contributed by atoms with van der Waals surface area (Å²) in [5.74, 6) is 11.1. The molecule has 1 fully saturated rings. The van der Waals surface area contributed by atoms with Crippen LogP contribution in [0.25, 0.3) is 0 Å². The van der Waals surface area contributed by atoms with Crippen molar-refractivity contribution in [2.24, 2.45) is 0 Å². The fourth-order valence-corrected chi connectivity index (χ4v) is 2.15. The van der Waals surface area contributed by atoms with E-state index in [2.05, 4.69) is 30.6 Å². The third-order valence-electron chi connectivity index (χ3n) is 3.21. The molecule has 0 aromatic heterocycles. The fraction of sp³-hybridized carbons (Fsp3) is 0.667. The average molecular weight is 290 g/mol. The molecule has 21 heavy (non-hydrogen) atoms. The van der Waals surface area contributed by atoms with E-state index in [0.29, 0.717) is 6.42 Å². The Morgan fingerprint density at radius 3 is 2.62 bits per heavy atom. The predicted octanol–water partition coefficient (Wildman–Crippen LogP) is 3.29. The van der Waals surface area contributed by atoms with Gasteiger partial charge in [-0.15, -0.1) is 0 Å². The number of hydrogen-bond donors (Lipinski definition) is 0. The van der Waals surface area contributed by atoms with Gasteiger partial charge in [0.05, 0.1) is 18.3 Å². The summed E-state index contributed by atoms with van der Waals surface area (Å²) in [7, 11) is 1.67. The monoisotopic (exact) mass is 290 g/mol. The van der Waals surface area contributed by atoms with Crippen molar-refractivity contribution in [2.45, 2.75) is 71.1 Å². The van der Waals surface area contributed by atoms with E-state index >= 15 is 0 Å². The molecule has 3 nitrogen and oxygen atoms in total. The van der Waals surface area contributed by atoms with Crippen LogP contribution in [0, 0.1) is 23.7 Å². The molecule has 0 aromatic carbocycles. The Hall–Kier alpha value is -1.26. The Labute approximate surface area is 129 Å². The van der Waals surface area contributed by atoms with E-state index in [1.165, 1.54) is 0 Å². The van der Waals surface area contributed by atoms with Crippen LogP contribution >= 0.6 is 0 Å². The average Bonchev–Trinajstić information content (AvgIpc) is 2.72. The minimum atomic E-state index is -0.503. The number of allylic oxidation sites excluding steroid dienone is 1. The normalized spacial score (nSPS) is 25.0. The van der Waals surface area contributed by atoms with Gasteiger partial charge in [0, 0.05) is 13.5 Å². The van der Waals surface area contributed by atoms with Gasteiger partial charge in [0.15, 0.2) is 5.79 Å². The molecule has 1 aliphatic heterocycles. The molecule has 0 saturated carbocycles. The van der Waals surface area contributed by atoms with E-state index in [1.54, 1.807) is 13.2 Å². The SMILES string of the molecule is CCCC1OC(C)(C)OC1CC#CC#CC=CC(C)OC. The lowest BCUT2D eigenvalue weighted by atomic mass is 10.1. The largest absolute Gasteiger partial charge is 0.378 e. The van der Waals surface area contributed by atoms with Gasteiger partial charge in [-0.3, -0.25) is 0 Å². The first-order valence-electron chi connectivity index (χ1n) is 7.52. The topological polar surface area (TPSA) is 27.7 Å². The van der Waals surface area contributed by atoms with Crippen molar-refractivity contribution in [2.75, 3.05) is 7.11 Å². The zero-order valence-corrected chi connectivity index (χ0v) is 13.7. The molecular weight excluding hydrogens is 264 g/mol. The van der Waals surface area contributed by atoms with Crippen molar-refractivity contribution in [1.82, 2.24) is 0 Å². The molecule has 0 amide bonds. The van der Waals surface area contributed by atoms with E-state index < -0.39 is 5.79 Å². The van der Waals surface area contributed by atoms with E-state index in [9.17, 15) is 0 Å². The van der Waals surface area contributed by atoms with Crippen molar-refractivity contribution >= 4 is 0 Å². The minimum absolute atomic E-state index is 0.0401. The number of ether oxygens (including phenoxy) is 3. The zero-order valence-electron chi connectivity index (χ0n) is 13.7. The van der Waals surface area contributed by atoms with Crippen LogP contribution in [0.3, 0.4) is 0 Å². The van der Waals surface area contributed by atoms with Gasteiger partial charge in [-0.25, -0.2) is 0 Å². The molecule has 1 saturated heterocycles. The number of rotatable bonds is 5. The Bertz CT molecular complexity index is 456. The smallest absolute Gasteiger partial charge is 0.163 e. The van der Waals surface area contributed by atoms with Crippen LogP contribution in [0.1, 0.15) is 47.0 Å². The second kappa shape index (κ2) is 8.90. The Morgan fingerprint density at radius 1 is 1.24 bits per heavy atom. The van der Waals surface area contributed by atoms with Gasteiger partial charge in [-0.2, -0.15) is 0 Å². The van der Waals surface area contributed by atoms with Crippen molar-refractivity contribution in [3.63, 3.8) is 0 Å². The molecule has 0 aliphatic carbocycles. The molecule has 0 bridgehead atoms. The van der Waals surface area contributed by atoms with Gasteiger partial charge in [0.1, 0.15) is 0 Å². The summed E-state index contributed by atoms with van der Waals surface area (Å²) < 4.78 is 16.8. The van der Waals surface area contributed by atoms with Gasteiger partial charge < -0.3 is 14.2 Å². The second-order valence-corrected chi connectivity index (χ2v) is 5.58. The molecule has 0 N–H and O–H groups in total. The molecular formula is C18H26O3. The van der Waals surface area contributed by atoms with Gasteiger partial charge >= 0.3 is 0 Å². The molecule has 3 heteroatoms. The highest BCUT2D eigenvalue weighted by atomic mass is 16.7. The molecule has 0 aromatic rings. The van der Waals surface area contributed by atoms with Crippen LogP contribution in [-0.2, 0) is 14.2 Å². The molecule has 3 unspecified atom stereocenters. The van der Waals surface area contributed by atoms with Gasteiger partial charge in [-0.05, 0) is 51.2 Å². The van der Waals surface area contributed by atoms with Crippen LogP contribution in [-0.4, -0.2) is 31.2 Å². The maximum absolute atomic E-state index is 5.88. The lowest BCUT2D eigenvalue weighted by molar-refractivity contribution is -0.146. The lowest BCUT2D eigenvalue weighted by Gasteiger charge is -2.16. The number of methoxy groups -OCH3 is 1. The quantitative estimate of drug-likeness (QED) is 0.727. The van der Waals surface area contributed by atoms with Crippen molar-refractivity contribution < 1.29 is 14.2 Å². The third kappa shape index (κ3) is 6.82. The van der Waals surface area contributed by atoms with Gasteiger partial charge in [-0.1, -0.05) is 25.2 Å². The Morgan fingerprint density at radius 2 is 1.95 bits per heavy atom. The molecule has 3 atom stereocenters. The van der Waals surface area contributed by atoms with Crippen LogP contribution in [0.15, 0.2) is 12.2 Å². The molecule has 1 aliphatic rings. The second-order valence-electron chi connectivity index (χ2n) is 5.58. The molecule has 116 valence electrons. The summed E-state index contributed by atoms with van der Waals surface area (Å²) in [5, 5.41) is 0. The number of hydrogen-bond acceptors (Lipinski definition) is 3. The summed E-state index contributed by atoms with van der Waals surface area (Å²) >= 11 is 0. The van der Waals surface area contributed by atoms with E-state index in [0.717, 1.165) is 12.8 Å². The molecule has 0 spiro atoms. The third-order valence-corrected chi connectivity index (χ3v) is 3.21. The highest BCUT2D eigenvalue weighted by Gasteiger charge is 2.39. The van der Waals surface area contributed by atoms with Crippen molar-refractivity contribution in [1.29, 1.82) is 0 Å². The van der Waals surface area contributed by atoms with E-state index in [1.807, 2.05) is 26.8 Å². The minimum Gasteiger partial charge on any atom is -0.378 e. The fourth-order valence-electron chi connectivity index (χ4n) is 2.15. The van der Waals surface area contributed by atoms with Crippen molar-refractivity contribution in [3.8, 4) is 23.7 Å². The maximum atomic E-state index is 5.88. The molecule has 1 heterocycles. The first-order chi connectivity index (χ1) is 9.98. The zero-order chi connectivity index (χ0) is 15.7. The van der Waals surface area contributed by atoms with E-state index in [-0.39, 0.29) is 18.3 Å². The van der Waals surface area contributed by atoms with Crippen LogP contribution in [0.4, 0.5) is 0 Å². The van der Waals surface area contributed by atoms with Crippen LogP contribution in [0.2, 0.25) is 0 Å². The van der Waals surface area contributed by atoms with Gasteiger partial charge in [0.2, 0.25) is 0 Å². The highest BCUT2D eigenvalue weighted by Crippen LogP contribution is 2.31. The first-order valence-corrected chi connectivity index (χ1v) is 7.52. The van der Waals surface area contributed by atoms with Crippen LogP contribution in [0.5, 0.6) is 0 Å². The predicted molar refractivity (Wildman–Crippen MR) is 84.5 cm³/mol. The molecule has 0 radical (unpaired) electrons. The van der Waals surface area contributed by atoms with Crippen molar-refractivity contribution in [3.05, 3.63) is 12.2 Å². The summed E-state index contributed by atoms with van der Waals surface area (Å²) in [5.41, 5.74) is 0. The van der Waals surface area contributed by atoms with E-state index in [4.69, 9.17) is 14.2 Å². The summed E-state index contributed by atoms with van der Waals surface area (Å²) in [6.45, 7) is 8.00. The Kier molecular flexibility index (Phi) is 7.54.